The van der Waals surface area contributed by atoms with Crippen LogP contribution in [-0.2, 0) is 0 Å². The molecule has 1 aromatic carbocycles. The first-order valence-corrected chi connectivity index (χ1v) is 4.94. The van der Waals surface area contributed by atoms with E-state index in [0.29, 0.717) is 10.8 Å². The molecule has 76 valence electrons. The molecule has 0 unspecified atom stereocenters. The van der Waals surface area contributed by atoms with Gasteiger partial charge in [0.2, 0.25) is 0 Å². The van der Waals surface area contributed by atoms with Crippen LogP contribution in [0.2, 0.25) is 5.15 Å². The van der Waals surface area contributed by atoms with Crippen molar-refractivity contribution in [2.45, 2.75) is 6.92 Å². The van der Waals surface area contributed by atoms with Crippen molar-refractivity contribution in [2.24, 2.45) is 0 Å². The van der Waals surface area contributed by atoms with Crippen LogP contribution in [0, 0.1) is 12.7 Å². The Balaban J connectivity index is 2.58. The quantitative estimate of drug-likeness (QED) is 0.667. The zero-order chi connectivity index (χ0) is 10.8. The number of aryl methyl sites for hydroxylation is 1. The van der Waals surface area contributed by atoms with Crippen LogP contribution in [0.4, 0.5) is 4.39 Å². The monoisotopic (exact) mass is 221 g/mol. The van der Waals surface area contributed by atoms with Crippen molar-refractivity contribution in [1.82, 2.24) is 4.98 Å². The van der Waals surface area contributed by atoms with E-state index in [2.05, 4.69) is 4.98 Å². The van der Waals surface area contributed by atoms with Crippen molar-refractivity contribution in [3.05, 3.63) is 52.9 Å². The molecular weight excluding hydrogens is 213 g/mol. The van der Waals surface area contributed by atoms with Crippen molar-refractivity contribution < 1.29 is 4.39 Å². The Morgan fingerprint density at radius 2 is 2.00 bits per heavy atom. The Morgan fingerprint density at radius 1 is 1.20 bits per heavy atom. The lowest BCUT2D eigenvalue weighted by Gasteiger charge is -2.05. The van der Waals surface area contributed by atoms with E-state index in [9.17, 15) is 4.39 Å². The Morgan fingerprint density at radius 3 is 2.73 bits per heavy atom. The second-order valence-corrected chi connectivity index (χ2v) is 3.69. The standard InChI is InChI=1S/C12H9ClFN/c1-8-5-6-9(14)7-10(8)11-3-2-4-12(13)15-11/h2-7H,1H3. The molecule has 0 aliphatic rings. The van der Waals surface area contributed by atoms with Gasteiger partial charge in [-0.05, 0) is 36.8 Å². The second-order valence-electron chi connectivity index (χ2n) is 3.30. The van der Waals surface area contributed by atoms with Crippen LogP contribution in [0.25, 0.3) is 11.3 Å². The summed E-state index contributed by atoms with van der Waals surface area (Å²) in [5.41, 5.74) is 2.45. The zero-order valence-corrected chi connectivity index (χ0v) is 8.92. The minimum absolute atomic E-state index is 0.266. The molecule has 2 rings (SSSR count). The molecule has 0 aliphatic heterocycles. The van der Waals surface area contributed by atoms with E-state index < -0.39 is 0 Å². The number of rotatable bonds is 1. The molecular formula is C12H9ClFN. The zero-order valence-electron chi connectivity index (χ0n) is 8.17. The first kappa shape index (κ1) is 10.1. The van der Waals surface area contributed by atoms with E-state index in [0.717, 1.165) is 11.1 Å². The molecule has 0 aliphatic carbocycles. The molecule has 15 heavy (non-hydrogen) atoms. The molecule has 0 saturated carbocycles. The molecule has 0 spiro atoms. The maximum atomic E-state index is 13.1. The number of pyridine rings is 1. The molecule has 0 bridgehead atoms. The third-order valence-corrected chi connectivity index (χ3v) is 2.40. The van der Waals surface area contributed by atoms with Crippen LogP contribution in [0.1, 0.15) is 5.56 Å². The Labute approximate surface area is 92.5 Å². The van der Waals surface area contributed by atoms with E-state index in [1.165, 1.54) is 12.1 Å². The molecule has 0 fully saturated rings. The topological polar surface area (TPSA) is 12.9 Å². The van der Waals surface area contributed by atoms with Gasteiger partial charge < -0.3 is 0 Å². The van der Waals surface area contributed by atoms with E-state index in [4.69, 9.17) is 11.6 Å². The van der Waals surface area contributed by atoms with Crippen molar-refractivity contribution in [1.29, 1.82) is 0 Å². The van der Waals surface area contributed by atoms with E-state index in [1.54, 1.807) is 18.2 Å². The lowest BCUT2D eigenvalue weighted by molar-refractivity contribution is 0.628. The van der Waals surface area contributed by atoms with Gasteiger partial charge in [0.05, 0.1) is 5.69 Å². The highest BCUT2D eigenvalue weighted by Gasteiger charge is 2.04. The second kappa shape index (κ2) is 3.99. The molecule has 0 atom stereocenters. The molecule has 0 radical (unpaired) electrons. The number of nitrogens with zero attached hydrogens (tertiary/aromatic N) is 1. The summed E-state index contributed by atoms with van der Waals surface area (Å²) in [6.07, 6.45) is 0. The van der Waals surface area contributed by atoms with Crippen LogP contribution in [0.3, 0.4) is 0 Å². The normalized spacial score (nSPS) is 10.3. The SMILES string of the molecule is Cc1ccc(F)cc1-c1cccc(Cl)n1. The fourth-order valence-corrected chi connectivity index (χ4v) is 1.59. The van der Waals surface area contributed by atoms with Crippen molar-refractivity contribution in [3.8, 4) is 11.3 Å². The fraction of sp³-hybridized carbons (Fsp3) is 0.0833. The van der Waals surface area contributed by atoms with Gasteiger partial charge in [-0.25, -0.2) is 9.37 Å². The molecule has 1 heterocycles. The number of benzene rings is 1. The molecule has 1 aromatic heterocycles. The van der Waals surface area contributed by atoms with Crippen LogP contribution < -0.4 is 0 Å². The number of halogens is 2. The number of hydrogen-bond acceptors (Lipinski definition) is 1. The van der Waals surface area contributed by atoms with Gasteiger partial charge in [-0.1, -0.05) is 23.7 Å². The summed E-state index contributed by atoms with van der Waals surface area (Å²) in [7, 11) is 0. The van der Waals surface area contributed by atoms with Crippen molar-refractivity contribution in [2.75, 3.05) is 0 Å². The molecule has 1 nitrogen and oxygen atoms in total. The summed E-state index contributed by atoms with van der Waals surface area (Å²) in [6, 6.07) is 9.94. The van der Waals surface area contributed by atoms with Gasteiger partial charge in [-0.2, -0.15) is 0 Å². The number of hydrogen-bond donors (Lipinski definition) is 0. The molecule has 2 aromatic rings. The van der Waals surface area contributed by atoms with Crippen LogP contribution in [-0.4, -0.2) is 4.98 Å². The van der Waals surface area contributed by atoms with Gasteiger partial charge >= 0.3 is 0 Å². The summed E-state index contributed by atoms with van der Waals surface area (Å²) >= 11 is 5.78. The summed E-state index contributed by atoms with van der Waals surface area (Å²) in [4.78, 5) is 4.14. The van der Waals surface area contributed by atoms with Crippen LogP contribution >= 0.6 is 11.6 Å². The molecule has 0 amide bonds. The van der Waals surface area contributed by atoms with Gasteiger partial charge in [0.1, 0.15) is 11.0 Å². The van der Waals surface area contributed by atoms with Crippen LogP contribution in [0.15, 0.2) is 36.4 Å². The predicted molar refractivity (Wildman–Crippen MR) is 59.4 cm³/mol. The minimum atomic E-state index is -0.266. The number of aromatic nitrogens is 1. The molecule has 3 heteroatoms. The average Bonchev–Trinajstić information content (AvgIpc) is 2.22. The van der Waals surface area contributed by atoms with Gasteiger partial charge in [-0.3, -0.25) is 0 Å². The Hall–Kier alpha value is -1.41. The summed E-state index contributed by atoms with van der Waals surface area (Å²) in [5, 5.41) is 0.413. The Kier molecular flexibility index (Phi) is 2.69. The highest BCUT2D eigenvalue weighted by Crippen LogP contribution is 2.23. The predicted octanol–water partition coefficient (Wildman–Crippen LogP) is 3.85. The maximum absolute atomic E-state index is 13.1. The average molecular weight is 222 g/mol. The third-order valence-electron chi connectivity index (χ3n) is 2.19. The summed E-state index contributed by atoms with van der Waals surface area (Å²) in [6.45, 7) is 1.91. The van der Waals surface area contributed by atoms with Crippen molar-refractivity contribution >= 4 is 11.6 Å². The van der Waals surface area contributed by atoms with Gasteiger partial charge in [0.25, 0.3) is 0 Å². The summed E-state index contributed by atoms with van der Waals surface area (Å²) in [5.74, 6) is -0.266. The molecule has 0 N–H and O–H groups in total. The highest BCUT2D eigenvalue weighted by molar-refractivity contribution is 6.29. The van der Waals surface area contributed by atoms with Gasteiger partial charge in [0, 0.05) is 5.56 Å². The van der Waals surface area contributed by atoms with Gasteiger partial charge in [0.15, 0.2) is 0 Å². The van der Waals surface area contributed by atoms with Gasteiger partial charge in [-0.15, -0.1) is 0 Å². The van der Waals surface area contributed by atoms with Crippen molar-refractivity contribution in [3.63, 3.8) is 0 Å². The molecule has 0 saturated heterocycles. The lowest BCUT2D eigenvalue weighted by Crippen LogP contribution is -1.88. The maximum Gasteiger partial charge on any atom is 0.129 e. The minimum Gasteiger partial charge on any atom is -0.236 e. The van der Waals surface area contributed by atoms with E-state index in [1.807, 2.05) is 13.0 Å². The smallest absolute Gasteiger partial charge is 0.129 e. The largest absolute Gasteiger partial charge is 0.236 e. The highest BCUT2D eigenvalue weighted by atomic mass is 35.5. The van der Waals surface area contributed by atoms with E-state index in [-0.39, 0.29) is 5.82 Å². The summed E-state index contributed by atoms with van der Waals surface area (Å²) < 4.78 is 13.1. The third kappa shape index (κ3) is 2.16. The first-order valence-electron chi connectivity index (χ1n) is 4.56. The van der Waals surface area contributed by atoms with E-state index >= 15 is 0 Å². The first-order chi connectivity index (χ1) is 7.16. The Bertz CT molecular complexity index is 497. The van der Waals surface area contributed by atoms with Crippen LogP contribution in [0.5, 0.6) is 0 Å². The fourth-order valence-electron chi connectivity index (χ4n) is 1.43. The lowest BCUT2D eigenvalue weighted by atomic mass is 10.1.